The second-order valence-corrected chi connectivity index (χ2v) is 12.5. The van der Waals surface area contributed by atoms with Crippen molar-refractivity contribution in [3.63, 3.8) is 0 Å². The van der Waals surface area contributed by atoms with Crippen LogP contribution in [0, 0.1) is 12.5 Å². The van der Waals surface area contributed by atoms with Gasteiger partial charge in [-0.1, -0.05) is 140 Å². The minimum Gasteiger partial charge on any atom is -0.373 e. The van der Waals surface area contributed by atoms with Gasteiger partial charge >= 0.3 is 0 Å². The number of hydrogen-bond donors (Lipinski definition) is 0. The number of hydrogen-bond acceptors (Lipinski definition) is 1. The molecule has 0 aromatic heterocycles. The van der Waals surface area contributed by atoms with Crippen molar-refractivity contribution in [2.45, 2.75) is 154 Å². The van der Waals surface area contributed by atoms with Crippen LogP contribution in [-0.2, 0) is 0 Å². The van der Waals surface area contributed by atoms with Gasteiger partial charge in [0.25, 0.3) is 0 Å². The van der Waals surface area contributed by atoms with Crippen LogP contribution < -0.4 is 0 Å². The largest absolute Gasteiger partial charge is 0.373 e. The molecule has 3 aliphatic rings. The van der Waals surface area contributed by atoms with Gasteiger partial charge in [-0.3, -0.25) is 0 Å². The van der Waals surface area contributed by atoms with Gasteiger partial charge in [0.1, 0.15) is 6.54 Å². The number of allylic oxidation sites excluding steroid dienone is 3. The molecule has 0 radical (unpaired) electrons. The molecule has 38 heavy (non-hydrogen) atoms. The van der Waals surface area contributed by atoms with E-state index in [1.807, 2.05) is 0 Å². The molecule has 0 fully saturated rings. The highest BCUT2D eigenvalue weighted by Gasteiger charge is 2.10. The van der Waals surface area contributed by atoms with Gasteiger partial charge in [-0.2, -0.15) is 0 Å². The van der Waals surface area contributed by atoms with Gasteiger partial charge in [0.05, 0.1) is 0 Å². The summed E-state index contributed by atoms with van der Waals surface area (Å²) < 4.78 is 2.48. The maximum atomic E-state index is 2.56. The average molecular weight is 523 g/mol. The quantitative estimate of drug-likeness (QED) is 0.226. The van der Waals surface area contributed by atoms with E-state index in [-0.39, 0.29) is 0 Å². The first kappa shape index (κ1) is 31.1. The molecule has 0 aromatic rings. The Bertz CT molecular complexity index is 700. The van der Waals surface area contributed by atoms with Crippen molar-refractivity contribution < 1.29 is 4.58 Å². The van der Waals surface area contributed by atoms with E-state index in [2.05, 4.69) is 52.7 Å². The molecule has 3 aliphatic heterocycles. The van der Waals surface area contributed by atoms with Crippen LogP contribution in [0.3, 0.4) is 0 Å². The minimum atomic E-state index is 0.666. The molecule has 3 rings (SSSR count). The molecule has 0 saturated carbocycles. The van der Waals surface area contributed by atoms with E-state index < -0.39 is 0 Å². The Morgan fingerprint density at radius 2 is 1.18 bits per heavy atom. The molecule has 0 spiro atoms. The first-order valence-corrected chi connectivity index (χ1v) is 17.1. The summed E-state index contributed by atoms with van der Waals surface area (Å²) in [5, 5.41) is 0. The molecule has 2 heteroatoms. The fourth-order valence-corrected chi connectivity index (χ4v) is 6.44. The van der Waals surface area contributed by atoms with Crippen LogP contribution in [0.2, 0.25) is 0 Å². The zero-order chi connectivity index (χ0) is 26.4. The smallest absolute Gasteiger partial charge is 0.115 e. The van der Waals surface area contributed by atoms with Crippen LogP contribution in [0.1, 0.15) is 154 Å². The lowest BCUT2D eigenvalue weighted by Crippen LogP contribution is -2.21. The predicted molar refractivity (Wildman–Crippen MR) is 168 cm³/mol. The molecule has 3 heterocycles. The normalized spacial score (nSPS) is 25.7. The number of rotatable bonds is 0. The summed E-state index contributed by atoms with van der Waals surface area (Å²) in [6.45, 7) is 6.08. The lowest BCUT2D eigenvalue weighted by Gasteiger charge is -2.23. The molecule has 216 valence electrons. The van der Waals surface area contributed by atoms with Crippen molar-refractivity contribution in [1.29, 1.82) is 0 Å². The van der Waals surface area contributed by atoms with Gasteiger partial charge < -0.3 is 9.48 Å². The van der Waals surface area contributed by atoms with Gasteiger partial charge in [0, 0.05) is 38.5 Å². The molecule has 2 nitrogen and oxygen atoms in total. The van der Waals surface area contributed by atoms with Crippen molar-refractivity contribution in [2.75, 3.05) is 19.6 Å². The third kappa shape index (κ3) is 15.2. The Hall–Kier alpha value is -1.44. The Kier molecular flexibility index (Phi) is 17.5. The third-order valence-corrected chi connectivity index (χ3v) is 8.90. The molecule has 1 unspecified atom stereocenters. The molecular formula is C36H62N2. The molecule has 0 aromatic carbocycles. The van der Waals surface area contributed by atoms with Crippen LogP contribution in [0.25, 0.3) is 0 Å². The zero-order valence-corrected chi connectivity index (χ0v) is 25.1. The van der Waals surface area contributed by atoms with E-state index in [9.17, 15) is 0 Å². The Balaban J connectivity index is 1.30. The summed E-state index contributed by atoms with van der Waals surface area (Å²) in [4.78, 5) is 2.56. The predicted octanol–water partition coefficient (Wildman–Crippen LogP) is 10.5. The third-order valence-electron chi connectivity index (χ3n) is 8.90. The zero-order valence-electron chi connectivity index (χ0n) is 25.1. The van der Waals surface area contributed by atoms with Crippen LogP contribution in [-0.4, -0.2) is 35.3 Å². The summed E-state index contributed by atoms with van der Waals surface area (Å²) in [5.41, 5.74) is 1.56. The molecule has 0 N–H and O–H groups in total. The second kappa shape index (κ2) is 21.4. The van der Waals surface area contributed by atoms with Crippen LogP contribution in [0.5, 0.6) is 0 Å². The van der Waals surface area contributed by atoms with E-state index in [1.54, 1.807) is 5.57 Å². The summed E-state index contributed by atoms with van der Waals surface area (Å²) in [7, 11) is 0. The fourth-order valence-electron chi connectivity index (χ4n) is 6.44. The van der Waals surface area contributed by atoms with Crippen molar-refractivity contribution in [3.8, 4) is 0 Å². The SMILES string of the molecule is C1=CC2[CH-][N+](=C1)CCCCCCCCCCCCC1=CN(CC=C1)CCCCCCCCCCCCCC2. The molecule has 1 atom stereocenters. The molecule has 0 aliphatic carbocycles. The summed E-state index contributed by atoms with van der Waals surface area (Å²) in [6, 6.07) is 0. The van der Waals surface area contributed by atoms with E-state index >= 15 is 0 Å². The lowest BCUT2D eigenvalue weighted by molar-refractivity contribution is -0.489. The molecule has 4 bridgehead atoms. The van der Waals surface area contributed by atoms with Crippen molar-refractivity contribution in [1.82, 2.24) is 4.90 Å². The van der Waals surface area contributed by atoms with Crippen molar-refractivity contribution in [2.24, 2.45) is 5.92 Å². The lowest BCUT2D eigenvalue weighted by atomic mass is 9.97. The highest BCUT2D eigenvalue weighted by atomic mass is 15.1. The Labute approximate surface area is 237 Å². The first-order valence-electron chi connectivity index (χ1n) is 17.1. The topological polar surface area (TPSA) is 6.25 Å². The monoisotopic (exact) mass is 522 g/mol. The molecule has 0 saturated heterocycles. The van der Waals surface area contributed by atoms with E-state index in [4.69, 9.17) is 0 Å². The highest BCUT2D eigenvalue weighted by molar-refractivity contribution is 5.67. The van der Waals surface area contributed by atoms with Gasteiger partial charge in [-0.25, -0.2) is 0 Å². The van der Waals surface area contributed by atoms with Gasteiger partial charge in [-0.15, -0.1) is 6.08 Å². The Morgan fingerprint density at radius 3 is 1.84 bits per heavy atom. The molecular weight excluding hydrogens is 460 g/mol. The van der Waals surface area contributed by atoms with E-state index in [0.717, 1.165) is 6.54 Å². The fraction of sp³-hybridized carbons (Fsp3) is 0.778. The molecule has 0 amide bonds. The standard InChI is InChI=1S/C36H62N2/c1-2-5-9-13-17-21-29-37-31-24-28-36(34-37)26-20-16-12-8-4-6-10-14-18-22-30-38-32-23-27-35(33-38)25-19-15-11-7-3-1/h23-24,27-28,32-35H,1-22,25-26,29-31H2. The van der Waals surface area contributed by atoms with E-state index in [1.165, 1.54) is 167 Å². The highest BCUT2D eigenvalue weighted by Crippen LogP contribution is 2.20. The Morgan fingerprint density at radius 1 is 0.632 bits per heavy atom. The van der Waals surface area contributed by atoms with Gasteiger partial charge in [0.15, 0.2) is 0 Å². The minimum absolute atomic E-state index is 0.666. The van der Waals surface area contributed by atoms with E-state index in [0.29, 0.717) is 5.92 Å². The number of fused-ring (bicyclic) bond motifs is 3. The maximum absolute atomic E-state index is 2.56. The van der Waals surface area contributed by atoms with Gasteiger partial charge in [-0.05, 0) is 37.2 Å². The van der Waals surface area contributed by atoms with Gasteiger partial charge in [0.2, 0.25) is 0 Å². The summed E-state index contributed by atoms with van der Waals surface area (Å²) in [6.07, 6.45) is 48.1. The van der Waals surface area contributed by atoms with Crippen molar-refractivity contribution in [3.05, 3.63) is 42.6 Å². The van der Waals surface area contributed by atoms with Crippen LogP contribution in [0.15, 0.2) is 36.1 Å². The average Bonchev–Trinajstić information content (AvgIpc) is 2.94. The summed E-state index contributed by atoms with van der Waals surface area (Å²) in [5.74, 6) is 0.666. The van der Waals surface area contributed by atoms with Crippen LogP contribution >= 0.6 is 0 Å². The first-order chi connectivity index (χ1) is 18.9. The van der Waals surface area contributed by atoms with Crippen LogP contribution in [0.4, 0.5) is 0 Å². The van der Waals surface area contributed by atoms with Crippen molar-refractivity contribution >= 4 is 6.21 Å². The number of nitrogens with zero attached hydrogens (tertiary/aromatic N) is 2. The summed E-state index contributed by atoms with van der Waals surface area (Å²) >= 11 is 0. The second-order valence-electron chi connectivity index (χ2n) is 12.5. The maximum Gasteiger partial charge on any atom is 0.115 e.